The molecule has 3 aromatic rings. The lowest BCUT2D eigenvalue weighted by atomic mass is 9.89. The summed E-state index contributed by atoms with van der Waals surface area (Å²) in [5.74, 6) is 0.228. The number of hydrogen-bond donors (Lipinski definition) is 3. The highest BCUT2D eigenvalue weighted by Crippen LogP contribution is 2.33. The maximum Gasteiger partial charge on any atom is 0.255 e. The number of hydrogen-bond acceptors (Lipinski definition) is 3. The molecule has 3 aromatic carbocycles. The third-order valence-electron chi connectivity index (χ3n) is 6.15. The van der Waals surface area contributed by atoms with Gasteiger partial charge in [-0.2, -0.15) is 0 Å². The van der Waals surface area contributed by atoms with Crippen molar-refractivity contribution in [2.75, 3.05) is 5.32 Å². The number of carbonyl (C=O) groups is 1. The van der Waals surface area contributed by atoms with E-state index in [4.69, 9.17) is 5.73 Å². The van der Waals surface area contributed by atoms with Gasteiger partial charge in [-0.25, -0.2) is 0 Å². The van der Waals surface area contributed by atoms with Gasteiger partial charge in [0.25, 0.3) is 5.91 Å². The van der Waals surface area contributed by atoms with Crippen LogP contribution in [0.25, 0.3) is 0 Å². The van der Waals surface area contributed by atoms with Crippen molar-refractivity contribution in [3.05, 3.63) is 101 Å². The number of halogens is 1. The van der Waals surface area contributed by atoms with Gasteiger partial charge in [0, 0.05) is 17.3 Å². The summed E-state index contributed by atoms with van der Waals surface area (Å²) in [6.45, 7) is 0. The summed E-state index contributed by atoms with van der Waals surface area (Å²) in [4.78, 5) is 12.7. The Morgan fingerprint density at radius 1 is 1.00 bits per heavy atom. The molecule has 0 spiro atoms. The van der Waals surface area contributed by atoms with E-state index in [-0.39, 0.29) is 30.5 Å². The highest BCUT2D eigenvalue weighted by molar-refractivity contribution is 6.04. The molecule has 0 heterocycles. The number of benzene rings is 3. The number of nitrogens with one attached hydrogen (secondary N) is 1. The number of anilines is 1. The standard InChI is InChI=1S/C27H30N2O2.ClH/c28-26-14-11-20(17-24(30)16-19-7-3-1-4-8-19)15-22-18-21(12-13-25(22)26)27(31)29-23-9-5-2-6-10-23;/h1-10,12-13,18,20,24,26,30H,11,14-17,28H2,(H,29,31);1H/t20?,24-,26?;/m1./s1. The van der Waals surface area contributed by atoms with Gasteiger partial charge in [0.2, 0.25) is 0 Å². The van der Waals surface area contributed by atoms with Crippen LogP contribution < -0.4 is 11.1 Å². The number of fused-ring (bicyclic) bond motifs is 1. The first-order valence-corrected chi connectivity index (χ1v) is 11.1. The Morgan fingerprint density at radius 3 is 2.41 bits per heavy atom. The zero-order valence-corrected chi connectivity index (χ0v) is 18.9. The van der Waals surface area contributed by atoms with E-state index in [1.54, 1.807) is 0 Å². The summed E-state index contributed by atoms with van der Waals surface area (Å²) in [5, 5.41) is 13.6. The normalized spacial score (nSPS) is 18.6. The zero-order valence-electron chi connectivity index (χ0n) is 18.1. The van der Waals surface area contributed by atoms with E-state index in [1.807, 2.05) is 66.7 Å². The molecule has 1 amide bonds. The molecule has 2 unspecified atom stereocenters. The SMILES string of the molecule is Cl.NC1CCC(C[C@H](O)Cc2ccccc2)Cc2cc(C(=O)Nc3ccccc3)ccc21. The van der Waals surface area contributed by atoms with Crippen molar-refractivity contribution < 1.29 is 9.90 Å². The molecule has 168 valence electrons. The summed E-state index contributed by atoms with van der Waals surface area (Å²) in [7, 11) is 0. The van der Waals surface area contributed by atoms with Gasteiger partial charge < -0.3 is 16.2 Å². The molecular formula is C27H31ClN2O2. The number of rotatable bonds is 6. The quantitative estimate of drug-likeness (QED) is 0.445. The van der Waals surface area contributed by atoms with E-state index in [2.05, 4.69) is 17.4 Å². The lowest BCUT2D eigenvalue weighted by molar-refractivity contribution is 0.102. The molecule has 0 bridgehead atoms. The Kier molecular flexibility index (Phi) is 8.46. The Balaban J connectivity index is 0.00000289. The summed E-state index contributed by atoms with van der Waals surface area (Å²) >= 11 is 0. The van der Waals surface area contributed by atoms with Gasteiger partial charge in [-0.05, 0) is 79.0 Å². The molecule has 0 radical (unpaired) electrons. The van der Waals surface area contributed by atoms with E-state index in [0.29, 0.717) is 17.9 Å². The average Bonchev–Trinajstić information content (AvgIpc) is 2.93. The number of para-hydroxylation sites is 1. The van der Waals surface area contributed by atoms with Crippen molar-refractivity contribution in [2.24, 2.45) is 11.7 Å². The summed E-state index contributed by atoms with van der Waals surface area (Å²) in [6, 6.07) is 25.4. The van der Waals surface area contributed by atoms with Crippen LogP contribution in [0.1, 0.15) is 52.4 Å². The highest BCUT2D eigenvalue weighted by Gasteiger charge is 2.24. The van der Waals surface area contributed by atoms with E-state index in [0.717, 1.165) is 48.1 Å². The van der Waals surface area contributed by atoms with E-state index in [1.165, 1.54) is 0 Å². The first-order valence-electron chi connectivity index (χ1n) is 11.1. The molecule has 5 heteroatoms. The number of carbonyl (C=O) groups excluding carboxylic acids is 1. The molecule has 1 aliphatic rings. The molecule has 4 rings (SSSR count). The van der Waals surface area contributed by atoms with Crippen molar-refractivity contribution in [1.82, 2.24) is 0 Å². The number of aliphatic hydroxyl groups is 1. The van der Waals surface area contributed by atoms with Crippen molar-refractivity contribution in [1.29, 1.82) is 0 Å². The van der Waals surface area contributed by atoms with Gasteiger partial charge in [-0.3, -0.25) is 4.79 Å². The lowest BCUT2D eigenvalue weighted by Crippen LogP contribution is -2.18. The van der Waals surface area contributed by atoms with Crippen LogP contribution in [0.3, 0.4) is 0 Å². The third-order valence-corrected chi connectivity index (χ3v) is 6.15. The van der Waals surface area contributed by atoms with Gasteiger partial charge >= 0.3 is 0 Å². The average molecular weight is 451 g/mol. The predicted molar refractivity (Wildman–Crippen MR) is 132 cm³/mol. The first kappa shape index (κ1) is 24.0. The lowest BCUT2D eigenvalue weighted by Gasteiger charge is -2.19. The fourth-order valence-electron chi connectivity index (χ4n) is 4.55. The fourth-order valence-corrected chi connectivity index (χ4v) is 4.55. The smallest absolute Gasteiger partial charge is 0.255 e. The zero-order chi connectivity index (χ0) is 21.6. The molecule has 0 aliphatic heterocycles. The molecule has 0 aromatic heterocycles. The van der Waals surface area contributed by atoms with Crippen molar-refractivity contribution in [3.63, 3.8) is 0 Å². The van der Waals surface area contributed by atoms with Gasteiger partial charge in [0.15, 0.2) is 0 Å². The Morgan fingerprint density at radius 2 is 1.69 bits per heavy atom. The largest absolute Gasteiger partial charge is 0.393 e. The van der Waals surface area contributed by atoms with Crippen LogP contribution in [-0.2, 0) is 12.8 Å². The van der Waals surface area contributed by atoms with Crippen molar-refractivity contribution >= 4 is 24.0 Å². The summed E-state index contributed by atoms with van der Waals surface area (Å²) in [6.07, 6.45) is 3.73. The van der Waals surface area contributed by atoms with Gasteiger partial charge in [-0.15, -0.1) is 12.4 Å². The van der Waals surface area contributed by atoms with Crippen molar-refractivity contribution in [2.45, 2.75) is 44.2 Å². The van der Waals surface area contributed by atoms with Gasteiger partial charge in [0.05, 0.1) is 6.10 Å². The minimum atomic E-state index is -0.380. The van der Waals surface area contributed by atoms with E-state index >= 15 is 0 Å². The number of amides is 1. The monoisotopic (exact) mass is 450 g/mol. The Labute approximate surface area is 196 Å². The van der Waals surface area contributed by atoms with E-state index < -0.39 is 0 Å². The van der Waals surface area contributed by atoms with Gasteiger partial charge in [0.1, 0.15) is 0 Å². The van der Waals surface area contributed by atoms with Crippen LogP contribution >= 0.6 is 12.4 Å². The molecule has 0 saturated carbocycles. The van der Waals surface area contributed by atoms with Crippen LogP contribution in [0.2, 0.25) is 0 Å². The highest BCUT2D eigenvalue weighted by atomic mass is 35.5. The van der Waals surface area contributed by atoms with Crippen molar-refractivity contribution in [3.8, 4) is 0 Å². The van der Waals surface area contributed by atoms with Crippen LogP contribution in [0.15, 0.2) is 78.9 Å². The number of nitrogens with two attached hydrogens (primary N) is 1. The maximum atomic E-state index is 12.7. The molecule has 0 fully saturated rings. The summed E-state index contributed by atoms with van der Waals surface area (Å²) < 4.78 is 0. The van der Waals surface area contributed by atoms with E-state index in [9.17, 15) is 9.90 Å². The van der Waals surface area contributed by atoms with Gasteiger partial charge in [-0.1, -0.05) is 54.6 Å². The molecule has 1 aliphatic carbocycles. The molecular weight excluding hydrogens is 420 g/mol. The summed E-state index contributed by atoms with van der Waals surface area (Å²) in [5.41, 5.74) is 11.3. The fraction of sp³-hybridized carbons (Fsp3) is 0.296. The third kappa shape index (κ3) is 6.19. The molecule has 0 saturated heterocycles. The minimum absolute atomic E-state index is 0. The van der Waals surface area contributed by atoms with Crippen LogP contribution in [0, 0.1) is 5.92 Å². The predicted octanol–water partition coefficient (Wildman–Crippen LogP) is 5.31. The first-order chi connectivity index (χ1) is 15.1. The number of aliphatic hydroxyl groups excluding tert-OH is 1. The van der Waals surface area contributed by atoms with Crippen LogP contribution in [0.5, 0.6) is 0 Å². The minimum Gasteiger partial charge on any atom is -0.393 e. The molecule has 3 atom stereocenters. The molecule has 32 heavy (non-hydrogen) atoms. The Hall–Kier alpha value is -2.66. The van der Waals surface area contributed by atoms with Crippen LogP contribution in [0.4, 0.5) is 5.69 Å². The second-order valence-electron chi connectivity index (χ2n) is 8.57. The Bertz CT molecular complexity index is 1010. The van der Waals surface area contributed by atoms with Crippen LogP contribution in [-0.4, -0.2) is 17.1 Å². The topological polar surface area (TPSA) is 75.3 Å². The second-order valence-corrected chi connectivity index (χ2v) is 8.57. The maximum absolute atomic E-state index is 12.7. The molecule has 4 nitrogen and oxygen atoms in total. The molecule has 4 N–H and O–H groups in total. The second kappa shape index (κ2) is 11.3.